The summed E-state index contributed by atoms with van der Waals surface area (Å²) >= 11 is 0. The fourth-order valence-corrected chi connectivity index (χ4v) is 2.10. The second kappa shape index (κ2) is 3.95. The average molecular weight is 164 g/mol. The SMILES string of the molecule is C[Si](C)(C)C/C(C#N)=C\C#N. The molecule has 0 saturated carbocycles. The van der Waals surface area contributed by atoms with E-state index in [0.29, 0.717) is 5.57 Å². The van der Waals surface area contributed by atoms with Gasteiger partial charge in [0.1, 0.15) is 0 Å². The zero-order valence-corrected chi connectivity index (χ0v) is 8.18. The fraction of sp³-hybridized carbons (Fsp3) is 0.500. The van der Waals surface area contributed by atoms with Gasteiger partial charge in [0.25, 0.3) is 0 Å². The highest BCUT2D eigenvalue weighted by molar-refractivity contribution is 6.76. The maximum absolute atomic E-state index is 8.57. The third-order valence-electron chi connectivity index (χ3n) is 1.10. The molecule has 0 N–H and O–H groups in total. The van der Waals surface area contributed by atoms with Gasteiger partial charge in [-0.25, -0.2) is 0 Å². The van der Waals surface area contributed by atoms with Crippen molar-refractivity contribution in [3.63, 3.8) is 0 Å². The Morgan fingerprint density at radius 1 is 1.36 bits per heavy atom. The van der Waals surface area contributed by atoms with Crippen molar-refractivity contribution in [3.8, 4) is 12.1 Å². The van der Waals surface area contributed by atoms with Gasteiger partial charge in [-0.05, 0) is 6.04 Å². The standard InChI is InChI=1S/C8H12N2Si/c1-11(2,3)7-8(6-10)4-5-9/h4H,7H2,1-3H3/b8-4-. The van der Waals surface area contributed by atoms with E-state index < -0.39 is 8.07 Å². The van der Waals surface area contributed by atoms with Crippen LogP contribution in [0.15, 0.2) is 11.6 Å². The third kappa shape index (κ3) is 5.38. The summed E-state index contributed by atoms with van der Waals surface area (Å²) in [4.78, 5) is 0. The number of nitriles is 2. The van der Waals surface area contributed by atoms with Crippen molar-refractivity contribution in [2.75, 3.05) is 0 Å². The van der Waals surface area contributed by atoms with Gasteiger partial charge in [0, 0.05) is 19.7 Å². The molecule has 0 unspecified atom stereocenters. The highest BCUT2D eigenvalue weighted by atomic mass is 28.3. The van der Waals surface area contributed by atoms with E-state index in [1.54, 1.807) is 0 Å². The normalized spacial score (nSPS) is 11.9. The molecule has 0 aliphatic heterocycles. The van der Waals surface area contributed by atoms with Crippen LogP contribution in [0.1, 0.15) is 0 Å². The molecule has 0 saturated heterocycles. The molecule has 0 fully saturated rings. The molecule has 0 atom stereocenters. The molecule has 3 heteroatoms. The van der Waals surface area contributed by atoms with Gasteiger partial charge in [0.05, 0.1) is 12.1 Å². The van der Waals surface area contributed by atoms with Gasteiger partial charge < -0.3 is 0 Å². The number of nitrogens with zero attached hydrogens (tertiary/aromatic N) is 2. The fourth-order valence-electron chi connectivity index (χ4n) is 0.772. The van der Waals surface area contributed by atoms with Crippen LogP contribution in [0.5, 0.6) is 0 Å². The van der Waals surface area contributed by atoms with E-state index >= 15 is 0 Å². The Bertz CT molecular complexity index is 234. The van der Waals surface area contributed by atoms with Crippen molar-refractivity contribution < 1.29 is 0 Å². The number of hydrogen-bond donors (Lipinski definition) is 0. The average Bonchev–Trinajstić information content (AvgIpc) is 1.84. The summed E-state index contributed by atoms with van der Waals surface area (Å²) in [6.45, 7) is 6.53. The minimum atomic E-state index is -1.22. The zero-order chi connectivity index (χ0) is 8.91. The first-order valence-corrected chi connectivity index (χ1v) is 7.19. The van der Waals surface area contributed by atoms with Gasteiger partial charge in [-0.15, -0.1) is 0 Å². The molecule has 2 nitrogen and oxygen atoms in total. The van der Waals surface area contributed by atoms with Crippen LogP contribution in [0, 0.1) is 22.7 Å². The molecule has 0 amide bonds. The van der Waals surface area contributed by atoms with Gasteiger partial charge >= 0.3 is 0 Å². The first-order valence-electron chi connectivity index (χ1n) is 3.48. The van der Waals surface area contributed by atoms with Crippen LogP contribution < -0.4 is 0 Å². The van der Waals surface area contributed by atoms with E-state index in [1.807, 2.05) is 12.1 Å². The largest absolute Gasteiger partial charge is 0.193 e. The van der Waals surface area contributed by atoms with Crippen LogP contribution in [0.25, 0.3) is 0 Å². The molecule has 0 aromatic heterocycles. The lowest BCUT2D eigenvalue weighted by molar-refractivity contribution is 1.37. The number of hydrogen-bond acceptors (Lipinski definition) is 2. The predicted octanol–water partition coefficient (Wildman–Crippen LogP) is 2.30. The summed E-state index contributed by atoms with van der Waals surface area (Å²) in [5, 5.41) is 16.9. The van der Waals surface area contributed by atoms with E-state index in [4.69, 9.17) is 10.5 Å². The maximum atomic E-state index is 8.57. The van der Waals surface area contributed by atoms with Crippen LogP contribution in [-0.4, -0.2) is 8.07 Å². The van der Waals surface area contributed by atoms with E-state index in [2.05, 4.69) is 19.6 Å². The van der Waals surface area contributed by atoms with Crippen molar-refractivity contribution in [1.29, 1.82) is 10.5 Å². The summed E-state index contributed by atoms with van der Waals surface area (Å²) in [7, 11) is -1.22. The highest BCUT2D eigenvalue weighted by Crippen LogP contribution is 2.14. The zero-order valence-electron chi connectivity index (χ0n) is 7.18. The van der Waals surface area contributed by atoms with Gasteiger partial charge in [0.2, 0.25) is 0 Å². The summed E-state index contributed by atoms with van der Waals surface area (Å²) in [6.07, 6.45) is 1.35. The van der Waals surface area contributed by atoms with Gasteiger partial charge in [-0.2, -0.15) is 10.5 Å². The van der Waals surface area contributed by atoms with E-state index in [0.717, 1.165) is 6.04 Å². The molecule has 0 radical (unpaired) electrons. The second-order valence-corrected chi connectivity index (χ2v) is 9.12. The van der Waals surface area contributed by atoms with E-state index in [1.165, 1.54) is 6.08 Å². The topological polar surface area (TPSA) is 47.6 Å². The lowest BCUT2D eigenvalue weighted by atomic mass is 10.3. The maximum Gasteiger partial charge on any atom is 0.0951 e. The summed E-state index contributed by atoms with van der Waals surface area (Å²) < 4.78 is 0. The number of allylic oxidation sites excluding steroid dienone is 2. The monoisotopic (exact) mass is 164 g/mol. The molecule has 0 aromatic carbocycles. The quantitative estimate of drug-likeness (QED) is 0.464. The summed E-state index contributed by atoms with van der Waals surface area (Å²) in [5.74, 6) is 0. The minimum Gasteiger partial charge on any atom is -0.193 e. The first kappa shape index (κ1) is 9.94. The Kier molecular flexibility index (Phi) is 3.57. The summed E-state index contributed by atoms with van der Waals surface area (Å²) in [5.41, 5.74) is 0.617. The molecule has 58 valence electrons. The molecule has 0 aromatic rings. The van der Waals surface area contributed by atoms with E-state index in [9.17, 15) is 0 Å². The van der Waals surface area contributed by atoms with Crippen LogP contribution in [-0.2, 0) is 0 Å². The van der Waals surface area contributed by atoms with Crippen molar-refractivity contribution in [2.24, 2.45) is 0 Å². The molecule has 0 heterocycles. The molecule has 0 aliphatic rings. The third-order valence-corrected chi connectivity index (χ3v) is 2.54. The van der Waals surface area contributed by atoms with Crippen LogP contribution in [0.3, 0.4) is 0 Å². The van der Waals surface area contributed by atoms with E-state index in [-0.39, 0.29) is 0 Å². The molecular formula is C8H12N2Si. The molecule has 0 spiro atoms. The number of rotatable bonds is 2. The predicted molar refractivity (Wildman–Crippen MR) is 47.5 cm³/mol. The van der Waals surface area contributed by atoms with Gasteiger partial charge in [0.15, 0.2) is 0 Å². The molecule has 0 aliphatic carbocycles. The van der Waals surface area contributed by atoms with Crippen LogP contribution >= 0.6 is 0 Å². The highest BCUT2D eigenvalue weighted by Gasteiger charge is 2.14. The lowest BCUT2D eigenvalue weighted by Crippen LogP contribution is -2.19. The Balaban J connectivity index is 4.28. The molecule has 11 heavy (non-hydrogen) atoms. The Morgan fingerprint density at radius 3 is 2.18 bits per heavy atom. The minimum absolute atomic E-state index is 0.617. The van der Waals surface area contributed by atoms with Gasteiger partial charge in [-0.1, -0.05) is 19.6 Å². The van der Waals surface area contributed by atoms with Crippen molar-refractivity contribution >= 4 is 8.07 Å². The second-order valence-electron chi connectivity index (χ2n) is 3.65. The van der Waals surface area contributed by atoms with Crippen LogP contribution in [0.2, 0.25) is 25.7 Å². The molecule has 0 rings (SSSR count). The Hall–Kier alpha value is -1.06. The Morgan fingerprint density at radius 2 is 1.91 bits per heavy atom. The Labute approximate surface area is 68.8 Å². The molecule has 0 bridgehead atoms. The first-order chi connectivity index (χ1) is 4.99. The molecular weight excluding hydrogens is 152 g/mol. The smallest absolute Gasteiger partial charge is 0.0951 e. The van der Waals surface area contributed by atoms with Gasteiger partial charge in [-0.3, -0.25) is 0 Å². The van der Waals surface area contributed by atoms with Crippen molar-refractivity contribution in [3.05, 3.63) is 11.6 Å². The summed E-state index contributed by atoms with van der Waals surface area (Å²) in [6, 6.07) is 4.71. The van der Waals surface area contributed by atoms with Crippen molar-refractivity contribution in [1.82, 2.24) is 0 Å². The van der Waals surface area contributed by atoms with Crippen LogP contribution in [0.4, 0.5) is 0 Å². The lowest BCUT2D eigenvalue weighted by Gasteiger charge is -2.13. The van der Waals surface area contributed by atoms with Crippen molar-refractivity contribution in [2.45, 2.75) is 25.7 Å².